The van der Waals surface area contributed by atoms with Gasteiger partial charge in [0.05, 0.1) is 40.8 Å². The number of pyridine rings is 1. The van der Waals surface area contributed by atoms with Crippen molar-refractivity contribution in [1.29, 1.82) is 0 Å². The summed E-state index contributed by atoms with van der Waals surface area (Å²) in [6.07, 6.45) is 7.04. The number of aryl methyl sites for hydroxylation is 1. The normalized spacial score (nSPS) is 17.9. The number of nitrogens with zero attached hydrogens (tertiary/aromatic N) is 4. The van der Waals surface area contributed by atoms with E-state index in [-0.39, 0.29) is 23.6 Å². The molecule has 3 aromatic heterocycles. The zero-order valence-corrected chi connectivity index (χ0v) is 20.1. The van der Waals surface area contributed by atoms with Crippen molar-refractivity contribution in [2.45, 2.75) is 31.8 Å². The van der Waals surface area contributed by atoms with E-state index < -0.39 is 5.82 Å². The summed E-state index contributed by atoms with van der Waals surface area (Å²) < 4.78 is 20.8. The molecule has 180 valence electrons. The van der Waals surface area contributed by atoms with E-state index in [1.807, 2.05) is 25.3 Å². The smallest absolute Gasteiger partial charge is 0.213 e. The maximum absolute atomic E-state index is 13.8. The third-order valence-corrected chi connectivity index (χ3v) is 6.51. The molecule has 1 aliphatic rings. The van der Waals surface area contributed by atoms with Gasteiger partial charge in [-0.15, -0.1) is 0 Å². The molecule has 0 atom stereocenters. The van der Waals surface area contributed by atoms with Gasteiger partial charge in [0.2, 0.25) is 5.88 Å². The number of amidine groups is 1. The van der Waals surface area contributed by atoms with Gasteiger partial charge in [-0.25, -0.2) is 18.9 Å². The molecular formula is C25H25ClFN7O. The lowest BCUT2D eigenvalue weighted by Gasteiger charge is -2.34. The van der Waals surface area contributed by atoms with Crippen LogP contribution in [0, 0.1) is 12.7 Å². The van der Waals surface area contributed by atoms with Crippen LogP contribution in [0.3, 0.4) is 0 Å². The number of hydrogen-bond acceptors (Lipinski definition) is 6. The molecule has 0 aliphatic heterocycles. The molecule has 0 amide bonds. The van der Waals surface area contributed by atoms with E-state index in [0.29, 0.717) is 16.5 Å². The van der Waals surface area contributed by atoms with Crippen molar-refractivity contribution in [3.63, 3.8) is 0 Å². The summed E-state index contributed by atoms with van der Waals surface area (Å²) in [7, 11) is 1.59. The summed E-state index contributed by atoms with van der Waals surface area (Å²) in [6, 6.07) is 8.24. The van der Waals surface area contributed by atoms with Crippen molar-refractivity contribution in [3.8, 4) is 17.0 Å². The largest absolute Gasteiger partial charge is 0.481 e. The van der Waals surface area contributed by atoms with E-state index >= 15 is 0 Å². The molecule has 1 aliphatic carbocycles. The van der Waals surface area contributed by atoms with Crippen molar-refractivity contribution in [2.75, 3.05) is 12.4 Å². The Hall–Kier alpha value is -3.69. The van der Waals surface area contributed by atoms with Gasteiger partial charge in [0.25, 0.3) is 0 Å². The molecule has 0 bridgehead atoms. The van der Waals surface area contributed by atoms with E-state index in [1.54, 1.807) is 24.0 Å². The molecule has 8 nitrogen and oxygen atoms in total. The fourth-order valence-electron chi connectivity index (χ4n) is 4.24. The number of aromatic nitrogens is 3. The predicted molar refractivity (Wildman–Crippen MR) is 136 cm³/mol. The van der Waals surface area contributed by atoms with Crippen LogP contribution in [0.2, 0.25) is 5.02 Å². The van der Waals surface area contributed by atoms with Crippen molar-refractivity contribution in [2.24, 2.45) is 16.5 Å². The summed E-state index contributed by atoms with van der Waals surface area (Å²) in [6.45, 7) is 2.00. The highest BCUT2D eigenvalue weighted by Gasteiger charge is 2.28. The van der Waals surface area contributed by atoms with Crippen LogP contribution in [0.4, 0.5) is 15.8 Å². The number of rotatable bonds is 6. The minimum absolute atomic E-state index is 0.168. The minimum atomic E-state index is -0.448. The average Bonchev–Trinajstić information content (AvgIpc) is 3.24. The van der Waals surface area contributed by atoms with Crippen LogP contribution in [0.25, 0.3) is 16.6 Å². The van der Waals surface area contributed by atoms with Crippen molar-refractivity contribution in [3.05, 3.63) is 70.9 Å². The second kappa shape index (κ2) is 9.16. The highest BCUT2D eigenvalue weighted by Crippen LogP contribution is 2.34. The first-order chi connectivity index (χ1) is 16.8. The van der Waals surface area contributed by atoms with Crippen LogP contribution in [-0.4, -0.2) is 39.6 Å². The Morgan fingerprint density at radius 3 is 2.77 bits per heavy atom. The van der Waals surface area contributed by atoms with Crippen molar-refractivity contribution >= 4 is 34.3 Å². The molecular weight excluding hydrogens is 469 g/mol. The Kier molecular flexibility index (Phi) is 6.04. The molecule has 3 heterocycles. The summed E-state index contributed by atoms with van der Waals surface area (Å²) >= 11 is 6.21. The van der Waals surface area contributed by atoms with Crippen LogP contribution in [0.15, 0.2) is 53.9 Å². The number of benzene rings is 1. The number of hydrogen-bond donors (Lipinski definition) is 3. The second-order valence-electron chi connectivity index (χ2n) is 8.70. The quantitative estimate of drug-likeness (QED) is 0.270. The maximum atomic E-state index is 13.8. The lowest BCUT2D eigenvalue weighted by molar-refractivity contribution is 0.374. The molecule has 10 heteroatoms. The lowest BCUT2D eigenvalue weighted by atomic mass is 9.87. The highest BCUT2D eigenvalue weighted by atomic mass is 35.5. The third-order valence-electron chi connectivity index (χ3n) is 6.19. The highest BCUT2D eigenvalue weighted by molar-refractivity contribution is 6.33. The van der Waals surface area contributed by atoms with Crippen LogP contribution in [0.5, 0.6) is 5.88 Å². The van der Waals surface area contributed by atoms with Gasteiger partial charge >= 0.3 is 0 Å². The van der Waals surface area contributed by atoms with E-state index in [0.717, 1.165) is 40.7 Å². The van der Waals surface area contributed by atoms with Gasteiger partial charge in [0, 0.05) is 47.7 Å². The van der Waals surface area contributed by atoms with Gasteiger partial charge in [0.1, 0.15) is 11.7 Å². The molecule has 35 heavy (non-hydrogen) atoms. The van der Waals surface area contributed by atoms with E-state index in [4.69, 9.17) is 27.8 Å². The SMILES string of the molecule is COc1cc(C)c(-c2cc3c(NC4CC(N)C4)c(C(N)=Nc4cc(F)ccc4Cl)cnn3c2)cn1. The Labute approximate surface area is 206 Å². The Balaban J connectivity index is 1.62. The maximum Gasteiger partial charge on any atom is 0.213 e. The zero-order valence-electron chi connectivity index (χ0n) is 19.3. The topological polar surface area (TPSA) is 116 Å². The molecule has 0 spiro atoms. The summed E-state index contributed by atoms with van der Waals surface area (Å²) in [5.41, 5.74) is 17.8. The first kappa shape index (κ1) is 23.1. The Morgan fingerprint density at radius 2 is 2.06 bits per heavy atom. The minimum Gasteiger partial charge on any atom is -0.481 e. The van der Waals surface area contributed by atoms with Crippen molar-refractivity contribution < 1.29 is 9.13 Å². The van der Waals surface area contributed by atoms with E-state index in [1.165, 1.54) is 18.2 Å². The Morgan fingerprint density at radius 1 is 1.26 bits per heavy atom. The Bertz CT molecular complexity index is 1450. The number of halogens is 2. The molecule has 4 aromatic rings. The second-order valence-corrected chi connectivity index (χ2v) is 9.11. The summed E-state index contributed by atoms with van der Waals surface area (Å²) in [5.74, 6) is 0.277. The number of aliphatic imine (C=N–C) groups is 1. The van der Waals surface area contributed by atoms with Crippen LogP contribution in [-0.2, 0) is 0 Å². The number of nitrogens with two attached hydrogens (primary N) is 2. The first-order valence-electron chi connectivity index (χ1n) is 11.2. The monoisotopic (exact) mass is 493 g/mol. The average molecular weight is 494 g/mol. The summed E-state index contributed by atoms with van der Waals surface area (Å²) in [4.78, 5) is 8.76. The third kappa shape index (κ3) is 4.52. The molecule has 0 radical (unpaired) electrons. The molecule has 1 aromatic carbocycles. The van der Waals surface area contributed by atoms with Gasteiger partial charge in [-0.2, -0.15) is 5.10 Å². The standard InChI is InChI=1S/C25H25ClFN7O/c1-13-5-23(35-2)30-10-18(13)14-6-22-24(32-17-8-16(28)9-17)19(11-31-34(22)12-14)25(29)33-21-7-15(27)3-4-20(21)26/h3-7,10-12,16-17,32H,8-9,28H2,1-2H3,(H2,29,33). The first-order valence-corrected chi connectivity index (χ1v) is 11.5. The van der Waals surface area contributed by atoms with E-state index in [2.05, 4.69) is 20.4 Å². The van der Waals surface area contributed by atoms with Crippen molar-refractivity contribution in [1.82, 2.24) is 14.6 Å². The van der Waals surface area contributed by atoms with Gasteiger partial charge in [-0.1, -0.05) is 11.6 Å². The molecule has 5 N–H and O–H groups in total. The molecule has 0 unspecified atom stereocenters. The lowest BCUT2D eigenvalue weighted by Crippen LogP contribution is -2.44. The van der Waals surface area contributed by atoms with Gasteiger partial charge in [0.15, 0.2) is 0 Å². The number of fused-ring (bicyclic) bond motifs is 1. The fraction of sp³-hybridized carbons (Fsp3) is 0.240. The van der Waals surface area contributed by atoms with Gasteiger partial charge < -0.3 is 21.5 Å². The number of methoxy groups -OCH3 is 1. The van der Waals surface area contributed by atoms with Crippen LogP contribution >= 0.6 is 11.6 Å². The molecule has 1 fully saturated rings. The number of nitrogens with one attached hydrogen (secondary N) is 1. The molecule has 5 rings (SSSR count). The van der Waals surface area contributed by atoms with E-state index in [9.17, 15) is 4.39 Å². The van der Waals surface area contributed by atoms with Crippen LogP contribution < -0.4 is 21.5 Å². The molecule has 0 saturated heterocycles. The summed E-state index contributed by atoms with van der Waals surface area (Å²) in [5, 5.41) is 8.43. The number of ether oxygens (including phenoxy) is 1. The van der Waals surface area contributed by atoms with Gasteiger partial charge in [-0.3, -0.25) is 0 Å². The van der Waals surface area contributed by atoms with Gasteiger partial charge in [-0.05, 0) is 43.5 Å². The number of anilines is 1. The predicted octanol–water partition coefficient (Wildman–Crippen LogP) is 4.44. The zero-order chi connectivity index (χ0) is 24.7. The molecule has 1 saturated carbocycles. The van der Waals surface area contributed by atoms with Crippen LogP contribution in [0.1, 0.15) is 24.0 Å². The fourth-order valence-corrected chi connectivity index (χ4v) is 4.40.